The van der Waals surface area contributed by atoms with Gasteiger partial charge in [0.15, 0.2) is 0 Å². The van der Waals surface area contributed by atoms with E-state index >= 15 is 0 Å². The second-order valence-corrected chi connectivity index (χ2v) is 3.47. The van der Waals surface area contributed by atoms with Crippen molar-refractivity contribution in [1.82, 2.24) is 0 Å². The summed E-state index contributed by atoms with van der Waals surface area (Å²) in [4.78, 5) is 10.8. The maximum Gasteiger partial charge on any atom is 0.130 e. The van der Waals surface area contributed by atoms with E-state index in [4.69, 9.17) is 0 Å². The molecular weight excluding hydrogens is 164 g/mol. The van der Waals surface area contributed by atoms with Gasteiger partial charge < -0.3 is 9.90 Å². The first-order valence-corrected chi connectivity index (χ1v) is 4.54. The minimum absolute atomic E-state index is 0.315. The first kappa shape index (κ1) is 8.45. The molecule has 2 heteroatoms. The fourth-order valence-electron chi connectivity index (χ4n) is 1.94. The second kappa shape index (κ2) is 3.30. The van der Waals surface area contributed by atoms with Crippen molar-refractivity contribution in [2.24, 2.45) is 0 Å². The first-order valence-electron chi connectivity index (χ1n) is 4.54. The van der Waals surface area contributed by atoms with E-state index in [1.807, 2.05) is 24.3 Å². The van der Waals surface area contributed by atoms with E-state index in [0.717, 1.165) is 18.3 Å². The van der Waals surface area contributed by atoms with E-state index < -0.39 is 6.10 Å². The lowest BCUT2D eigenvalue weighted by Gasteiger charge is -2.26. The van der Waals surface area contributed by atoms with Gasteiger partial charge in [-0.25, -0.2) is 0 Å². The molecule has 1 aliphatic carbocycles. The standard InChI is InChI=1S/C11H12O2/c12-7-10-9-4-2-1-3-8(9)5-6-11(10)13/h1-4,7,10-11,13H,5-6H2. The molecule has 0 aliphatic heterocycles. The molecule has 0 heterocycles. The fraction of sp³-hybridized carbons (Fsp3) is 0.364. The number of aryl methyl sites for hydroxylation is 1. The third-order valence-electron chi connectivity index (χ3n) is 2.68. The average Bonchev–Trinajstić information content (AvgIpc) is 2.18. The van der Waals surface area contributed by atoms with Crippen LogP contribution >= 0.6 is 0 Å². The minimum Gasteiger partial charge on any atom is -0.392 e. The third-order valence-corrected chi connectivity index (χ3v) is 2.68. The Morgan fingerprint density at radius 1 is 1.38 bits per heavy atom. The lowest BCUT2D eigenvalue weighted by Crippen LogP contribution is -2.26. The highest BCUT2D eigenvalue weighted by atomic mass is 16.3. The monoisotopic (exact) mass is 176 g/mol. The van der Waals surface area contributed by atoms with E-state index in [2.05, 4.69) is 0 Å². The van der Waals surface area contributed by atoms with Crippen molar-refractivity contribution >= 4 is 6.29 Å². The van der Waals surface area contributed by atoms with Crippen molar-refractivity contribution in [2.75, 3.05) is 0 Å². The average molecular weight is 176 g/mol. The van der Waals surface area contributed by atoms with Crippen LogP contribution in [0.25, 0.3) is 0 Å². The number of hydrogen-bond donors (Lipinski definition) is 1. The van der Waals surface area contributed by atoms with Crippen molar-refractivity contribution < 1.29 is 9.90 Å². The van der Waals surface area contributed by atoms with Crippen LogP contribution in [0.4, 0.5) is 0 Å². The summed E-state index contributed by atoms with van der Waals surface area (Å²) in [5.41, 5.74) is 2.20. The number of fused-ring (bicyclic) bond motifs is 1. The Hall–Kier alpha value is -1.15. The van der Waals surface area contributed by atoms with Crippen molar-refractivity contribution in [3.05, 3.63) is 35.4 Å². The lowest BCUT2D eigenvalue weighted by molar-refractivity contribution is -0.111. The molecule has 1 aliphatic rings. The van der Waals surface area contributed by atoms with Crippen molar-refractivity contribution in [3.8, 4) is 0 Å². The molecule has 1 N–H and O–H groups in total. The molecule has 2 unspecified atom stereocenters. The van der Waals surface area contributed by atoms with Crippen LogP contribution in [0.15, 0.2) is 24.3 Å². The van der Waals surface area contributed by atoms with Crippen LogP contribution in [0, 0.1) is 0 Å². The summed E-state index contributed by atoms with van der Waals surface area (Å²) in [7, 11) is 0. The zero-order valence-corrected chi connectivity index (χ0v) is 7.31. The number of carbonyl (C=O) groups is 1. The molecular formula is C11H12O2. The van der Waals surface area contributed by atoms with Crippen molar-refractivity contribution in [3.63, 3.8) is 0 Å². The Kier molecular flexibility index (Phi) is 2.15. The smallest absolute Gasteiger partial charge is 0.130 e. The molecule has 0 radical (unpaired) electrons. The summed E-state index contributed by atoms with van der Waals surface area (Å²) in [5, 5.41) is 9.58. The normalized spacial score (nSPS) is 26.5. The third kappa shape index (κ3) is 1.38. The van der Waals surface area contributed by atoms with Gasteiger partial charge >= 0.3 is 0 Å². The largest absolute Gasteiger partial charge is 0.392 e. The number of rotatable bonds is 1. The summed E-state index contributed by atoms with van der Waals surface area (Å²) in [5.74, 6) is -0.315. The van der Waals surface area contributed by atoms with Gasteiger partial charge in [-0.05, 0) is 24.0 Å². The molecule has 68 valence electrons. The van der Waals surface area contributed by atoms with Crippen LogP contribution in [-0.2, 0) is 11.2 Å². The van der Waals surface area contributed by atoms with Gasteiger partial charge in [-0.1, -0.05) is 24.3 Å². The highest BCUT2D eigenvalue weighted by molar-refractivity contribution is 5.65. The molecule has 13 heavy (non-hydrogen) atoms. The Labute approximate surface area is 77.2 Å². The maximum absolute atomic E-state index is 10.8. The van der Waals surface area contributed by atoms with Gasteiger partial charge in [-0.15, -0.1) is 0 Å². The quantitative estimate of drug-likeness (QED) is 0.654. The second-order valence-electron chi connectivity index (χ2n) is 3.47. The minimum atomic E-state index is -0.493. The number of aliphatic hydroxyl groups excluding tert-OH is 1. The van der Waals surface area contributed by atoms with Crippen LogP contribution < -0.4 is 0 Å². The van der Waals surface area contributed by atoms with Gasteiger partial charge in [-0.3, -0.25) is 0 Å². The topological polar surface area (TPSA) is 37.3 Å². The predicted molar refractivity (Wildman–Crippen MR) is 49.6 cm³/mol. The Bertz CT molecular complexity index is 320. The summed E-state index contributed by atoms with van der Waals surface area (Å²) in [6.45, 7) is 0. The molecule has 0 spiro atoms. The first-order chi connectivity index (χ1) is 6.33. The predicted octanol–water partition coefficient (Wildman–Crippen LogP) is 1.28. The van der Waals surface area contributed by atoms with Gasteiger partial charge in [0.2, 0.25) is 0 Å². The maximum atomic E-state index is 10.8. The Morgan fingerprint density at radius 3 is 2.92 bits per heavy atom. The van der Waals surface area contributed by atoms with E-state index in [1.165, 1.54) is 5.56 Å². The van der Waals surface area contributed by atoms with Crippen molar-refractivity contribution in [1.29, 1.82) is 0 Å². The summed E-state index contributed by atoms with van der Waals surface area (Å²) in [6, 6.07) is 7.83. The van der Waals surface area contributed by atoms with Crippen LogP contribution in [-0.4, -0.2) is 17.5 Å². The summed E-state index contributed by atoms with van der Waals surface area (Å²) in [6.07, 6.45) is 1.93. The molecule has 2 nitrogen and oxygen atoms in total. The fourth-order valence-corrected chi connectivity index (χ4v) is 1.94. The molecule has 0 aromatic heterocycles. The molecule has 0 saturated heterocycles. The SMILES string of the molecule is O=CC1c2ccccc2CCC1O. The van der Waals surface area contributed by atoms with Gasteiger partial charge in [0.05, 0.1) is 12.0 Å². The van der Waals surface area contributed by atoms with Gasteiger partial charge in [0.1, 0.15) is 6.29 Å². The number of benzene rings is 1. The van der Waals surface area contributed by atoms with Gasteiger partial charge in [-0.2, -0.15) is 0 Å². The number of carbonyl (C=O) groups excluding carboxylic acids is 1. The highest BCUT2D eigenvalue weighted by Gasteiger charge is 2.26. The summed E-state index contributed by atoms with van der Waals surface area (Å²) >= 11 is 0. The molecule has 0 saturated carbocycles. The highest BCUT2D eigenvalue weighted by Crippen LogP contribution is 2.29. The van der Waals surface area contributed by atoms with E-state index in [1.54, 1.807) is 0 Å². The van der Waals surface area contributed by atoms with Crippen LogP contribution in [0.5, 0.6) is 0 Å². The molecule has 1 aromatic rings. The number of aldehydes is 1. The number of aliphatic hydroxyl groups is 1. The van der Waals surface area contributed by atoms with E-state index in [-0.39, 0.29) is 5.92 Å². The van der Waals surface area contributed by atoms with E-state index in [9.17, 15) is 9.90 Å². The molecule has 2 rings (SSSR count). The molecule has 2 atom stereocenters. The zero-order chi connectivity index (χ0) is 9.26. The summed E-state index contributed by atoms with van der Waals surface area (Å²) < 4.78 is 0. The molecule has 0 fully saturated rings. The Balaban J connectivity index is 2.45. The Morgan fingerprint density at radius 2 is 2.15 bits per heavy atom. The van der Waals surface area contributed by atoms with Crippen molar-refractivity contribution in [2.45, 2.75) is 24.9 Å². The van der Waals surface area contributed by atoms with Gasteiger partial charge in [0.25, 0.3) is 0 Å². The van der Waals surface area contributed by atoms with Crippen LogP contribution in [0.2, 0.25) is 0 Å². The molecule has 0 bridgehead atoms. The lowest BCUT2D eigenvalue weighted by atomic mass is 9.82. The number of hydrogen-bond acceptors (Lipinski definition) is 2. The van der Waals surface area contributed by atoms with Crippen LogP contribution in [0.3, 0.4) is 0 Å². The zero-order valence-electron chi connectivity index (χ0n) is 7.31. The molecule has 0 amide bonds. The molecule has 1 aromatic carbocycles. The van der Waals surface area contributed by atoms with E-state index in [0.29, 0.717) is 6.42 Å². The van der Waals surface area contributed by atoms with Gasteiger partial charge in [0, 0.05) is 0 Å². The van der Waals surface area contributed by atoms with Crippen LogP contribution in [0.1, 0.15) is 23.5 Å².